The summed E-state index contributed by atoms with van der Waals surface area (Å²) in [6, 6.07) is 5.64. The van der Waals surface area contributed by atoms with E-state index in [4.69, 9.17) is 20.9 Å². The second-order valence-electron chi connectivity index (χ2n) is 13.6. The molecule has 2 N–H and O–H groups in total. The third-order valence-corrected chi connectivity index (χ3v) is 10.5. The molecule has 4 fully saturated rings. The van der Waals surface area contributed by atoms with E-state index in [9.17, 15) is 13.9 Å². The number of methoxy groups -OCH3 is 1. The maximum absolute atomic E-state index is 16.9. The van der Waals surface area contributed by atoms with Crippen LogP contribution in [0.15, 0.2) is 42.4 Å². The molecule has 0 aliphatic carbocycles. The van der Waals surface area contributed by atoms with Gasteiger partial charge in [-0.05, 0) is 67.8 Å². The third kappa shape index (κ3) is 4.95. The Morgan fingerprint density at radius 1 is 1.21 bits per heavy atom. The van der Waals surface area contributed by atoms with E-state index in [0.29, 0.717) is 55.6 Å². The molecule has 8 rings (SSSR count). The van der Waals surface area contributed by atoms with Gasteiger partial charge < -0.3 is 24.8 Å². The Morgan fingerprint density at radius 2 is 2.08 bits per heavy atom. The number of fused-ring (bicyclic) bond motifs is 5. The Labute approximate surface area is 275 Å². The summed E-state index contributed by atoms with van der Waals surface area (Å²) in [6.45, 7) is 3.31. The Hall–Kier alpha value is -4.44. The molecule has 2 aromatic heterocycles. The summed E-state index contributed by atoms with van der Waals surface area (Å²) in [5, 5.41) is 15.4. The average Bonchev–Trinajstić information content (AvgIpc) is 3.73. The lowest BCUT2D eigenvalue weighted by atomic mass is 9.94. The van der Waals surface area contributed by atoms with E-state index in [1.807, 2.05) is 0 Å². The zero-order chi connectivity index (χ0) is 33.2. The van der Waals surface area contributed by atoms with Gasteiger partial charge in [0, 0.05) is 49.9 Å². The lowest BCUT2D eigenvalue weighted by molar-refractivity contribution is 0.107. The lowest BCUT2D eigenvalue weighted by Crippen LogP contribution is -2.61. The van der Waals surface area contributed by atoms with Crippen LogP contribution in [0.1, 0.15) is 37.7 Å². The van der Waals surface area contributed by atoms with Gasteiger partial charge in [-0.1, -0.05) is 12.0 Å². The molecular formula is C36H35F3N6O3. The van der Waals surface area contributed by atoms with Crippen LogP contribution in [0.25, 0.3) is 32.9 Å². The number of benzene rings is 2. The fourth-order valence-electron chi connectivity index (χ4n) is 8.50. The first-order chi connectivity index (χ1) is 23.2. The highest BCUT2D eigenvalue weighted by Crippen LogP contribution is 2.43. The van der Waals surface area contributed by atoms with Crippen LogP contribution >= 0.6 is 0 Å². The number of halogens is 3. The van der Waals surface area contributed by atoms with Crippen LogP contribution in [0, 0.1) is 24.0 Å². The highest BCUT2D eigenvalue weighted by Gasteiger charge is 2.48. The quantitative estimate of drug-likeness (QED) is 0.259. The van der Waals surface area contributed by atoms with Gasteiger partial charge >= 0.3 is 6.01 Å². The minimum atomic E-state index is -0.783. The molecule has 4 aliphatic rings. The van der Waals surface area contributed by atoms with Crippen LogP contribution in [0.4, 0.5) is 19.0 Å². The summed E-state index contributed by atoms with van der Waals surface area (Å²) in [4.78, 5) is 18.3. The number of aromatic nitrogens is 3. The molecule has 0 saturated carbocycles. The van der Waals surface area contributed by atoms with Crippen molar-refractivity contribution in [2.24, 2.45) is 0 Å². The number of pyridine rings is 1. The molecule has 2 aromatic carbocycles. The Kier molecular flexibility index (Phi) is 7.47. The molecule has 4 aliphatic heterocycles. The van der Waals surface area contributed by atoms with Crippen LogP contribution in [-0.2, 0) is 4.74 Å². The number of hydrogen-bond donors (Lipinski definition) is 2. The molecule has 2 unspecified atom stereocenters. The van der Waals surface area contributed by atoms with Crippen LogP contribution < -0.4 is 15.0 Å². The number of phenolic OH excluding ortho intramolecular Hbond substituents is 1. The molecule has 4 saturated heterocycles. The monoisotopic (exact) mass is 656 g/mol. The minimum Gasteiger partial charge on any atom is -0.508 e. The predicted octanol–water partition coefficient (Wildman–Crippen LogP) is 5.24. The zero-order valence-electron chi connectivity index (χ0n) is 26.5. The minimum absolute atomic E-state index is 0.00440. The van der Waals surface area contributed by atoms with E-state index < -0.39 is 11.6 Å². The van der Waals surface area contributed by atoms with Crippen LogP contribution in [-0.4, -0.2) is 88.6 Å². The number of rotatable bonds is 7. The summed E-state index contributed by atoms with van der Waals surface area (Å²) >= 11 is 0. The second kappa shape index (κ2) is 11.6. The highest BCUT2D eigenvalue weighted by molar-refractivity contribution is 6.03. The molecule has 0 spiro atoms. The number of phenols is 1. The van der Waals surface area contributed by atoms with Crippen molar-refractivity contribution in [2.45, 2.75) is 49.2 Å². The van der Waals surface area contributed by atoms with Gasteiger partial charge in [0.1, 0.15) is 35.2 Å². The smallest absolute Gasteiger partial charge is 0.319 e. The number of nitrogens with one attached hydrogen (secondary N) is 1. The van der Waals surface area contributed by atoms with Crippen molar-refractivity contribution in [3.63, 3.8) is 0 Å². The van der Waals surface area contributed by atoms with Crippen molar-refractivity contribution in [3.05, 3.63) is 59.6 Å². The molecule has 12 heteroatoms. The molecule has 0 amide bonds. The molecule has 2 bridgehead atoms. The Balaban J connectivity index is 1.27. The summed E-state index contributed by atoms with van der Waals surface area (Å²) in [5.41, 5.74) is -0.0537. The first-order valence-electron chi connectivity index (χ1n) is 16.2. The zero-order valence-corrected chi connectivity index (χ0v) is 26.5. The average molecular weight is 657 g/mol. The van der Waals surface area contributed by atoms with E-state index in [1.54, 1.807) is 7.11 Å². The summed E-state index contributed by atoms with van der Waals surface area (Å²) in [6.07, 6.45) is 12.1. The van der Waals surface area contributed by atoms with E-state index in [1.165, 1.54) is 30.5 Å². The molecule has 0 radical (unpaired) electrons. The van der Waals surface area contributed by atoms with Gasteiger partial charge in [-0.2, -0.15) is 9.97 Å². The third-order valence-electron chi connectivity index (χ3n) is 10.5. The fraction of sp³-hybridized carbons (Fsp3) is 0.417. The first kappa shape index (κ1) is 30.9. The number of aromatic hydroxyl groups is 1. The van der Waals surface area contributed by atoms with Crippen molar-refractivity contribution in [1.29, 1.82) is 0 Å². The van der Waals surface area contributed by atoms with Gasteiger partial charge in [-0.15, -0.1) is 6.42 Å². The number of piperazine rings is 1. The molecule has 248 valence electrons. The summed E-state index contributed by atoms with van der Waals surface area (Å²) in [7, 11) is 1.68. The standard InChI is InChI=1S/C36H35F3N6O3/c1-3-25-28(38)6-5-22-11-24(46)12-26(29(22)25)31-30(39)32-27(15-40-31)33(44-17-23-7-9-35(18-44,43-23)19-47-2)42-34(41-32)48-20-36-8-4-10-45(36)16-21(13-36)14-37/h1,5-6,11-12,14-15,23,43,46H,4,7-10,13,16-20H2,2H3/b21-14-/t23?,35?,36-/m0/s1. The first-order valence-corrected chi connectivity index (χ1v) is 16.2. The molecule has 48 heavy (non-hydrogen) atoms. The van der Waals surface area contributed by atoms with Gasteiger partial charge in [-0.3, -0.25) is 9.88 Å². The molecule has 9 nitrogen and oxygen atoms in total. The van der Waals surface area contributed by atoms with E-state index >= 15 is 4.39 Å². The van der Waals surface area contributed by atoms with E-state index in [2.05, 4.69) is 31.0 Å². The number of terminal acetylenes is 1. The topological polar surface area (TPSA) is 95.9 Å². The van der Waals surface area contributed by atoms with E-state index in [-0.39, 0.29) is 63.2 Å². The van der Waals surface area contributed by atoms with Crippen molar-refractivity contribution < 1.29 is 27.8 Å². The number of nitrogens with zero attached hydrogens (tertiary/aromatic N) is 5. The Bertz CT molecular complexity index is 2030. The Morgan fingerprint density at radius 3 is 2.90 bits per heavy atom. The van der Waals surface area contributed by atoms with Crippen molar-refractivity contribution in [3.8, 4) is 35.4 Å². The maximum atomic E-state index is 16.9. The van der Waals surface area contributed by atoms with Gasteiger partial charge in [0.15, 0.2) is 5.82 Å². The van der Waals surface area contributed by atoms with Gasteiger partial charge in [0.25, 0.3) is 0 Å². The largest absolute Gasteiger partial charge is 0.508 e. The number of hydrogen-bond acceptors (Lipinski definition) is 9. The fourth-order valence-corrected chi connectivity index (χ4v) is 8.50. The summed E-state index contributed by atoms with van der Waals surface area (Å²) in [5.74, 6) is 1.28. The van der Waals surface area contributed by atoms with Crippen molar-refractivity contribution in [2.75, 3.05) is 51.4 Å². The molecule has 4 aromatic rings. The van der Waals surface area contributed by atoms with Crippen LogP contribution in [0.5, 0.6) is 11.8 Å². The summed E-state index contributed by atoms with van der Waals surface area (Å²) < 4.78 is 57.3. The lowest BCUT2D eigenvalue weighted by Gasteiger charge is -2.41. The van der Waals surface area contributed by atoms with Gasteiger partial charge in [-0.25, -0.2) is 13.2 Å². The molecule has 3 atom stereocenters. The maximum Gasteiger partial charge on any atom is 0.319 e. The van der Waals surface area contributed by atoms with Crippen molar-refractivity contribution >= 4 is 27.5 Å². The SMILES string of the molecule is C#Cc1c(F)ccc2cc(O)cc(-c3ncc4c(N5CC6CCC(COC)(C5)N6)nc(OC[C@@]56CCCN5C/C(=C\F)C6)nc4c3F)c12. The van der Waals surface area contributed by atoms with Gasteiger partial charge in [0.2, 0.25) is 0 Å². The van der Waals surface area contributed by atoms with Crippen LogP contribution in [0.2, 0.25) is 0 Å². The van der Waals surface area contributed by atoms with Crippen LogP contribution in [0.3, 0.4) is 0 Å². The number of ether oxygens (including phenoxy) is 2. The van der Waals surface area contributed by atoms with E-state index in [0.717, 1.165) is 37.8 Å². The van der Waals surface area contributed by atoms with Crippen molar-refractivity contribution in [1.82, 2.24) is 25.2 Å². The molecular weight excluding hydrogens is 621 g/mol. The predicted molar refractivity (Wildman–Crippen MR) is 176 cm³/mol. The second-order valence-corrected chi connectivity index (χ2v) is 13.6. The normalized spacial score (nSPS) is 26.1. The van der Waals surface area contributed by atoms with Gasteiger partial charge in [0.05, 0.1) is 35.0 Å². The highest BCUT2D eigenvalue weighted by atomic mass is 19.1. The number of anilines is 1. The molecule has 6 heterocycles.